The van der Waals surface area contributed by atoms with Gasteiger partial charge < -0.3 is 0 Å². The van der Waals surface area contributed by atoms with Gasteiger partial charge in [-0.15, -0.1) is 0 Å². The molecule has 1 aromatic heterocycles. The molecule has 0 fully saturated rings. The van der Waals surface area contributed by atoms with Crippen LogP contribution < -0.4 is 4.72 Å². The summed E-state index contributed by atoms with van der Waals surface area (Å²) in [5.41, 5.74) is -2.94. The van der Waals surface area contributed by atoms with Crippen molar-refractivity contribution in [3.8, 4) is 23.4 Å². The van der Waals surface area contributed by atoms with Gasteiger partial charge in [-0.2, -0.15) is 10.5 Å². The summed E-state index contributed by atoms with van der Waals surface area (Å²) >= 11 is 0. The maximum Gasteiger partial charge on any atom is 0.281 e. The number of nitrogens with one attached hydrogen (secondary N) is 1. The van der Waals surface area contributed by atoms with Gasteiger partial charge in [0.25, 0.3) is 6.43 Å². The van der Waals surface area contributed by atoms with E-state index < -0.39 is 44.8 Å². The molecule has 1 heterocycles. The molecule has 0 aliphatic heterocycles. The normalized spacial score (nSPS) is 11.0. The molecule has 26 heavy (non-hydrogen) atoms. The summed E-state index contributed by atoms with van der Waals surface area (Å²) in [6.45, 7) is 1.35. The first-order valence-corrected chi connectivity index (χ1v) is 8.67. The lowest BCUT2D eigenvalue weighted by molar-refractivity contribution is 0.145. The summed E-state index contributed by atoms with van der Waals surface area (Å²) in [4.78, 5) is 6.99. The molecule has 0 bridgehead atoms. The Hall–Kier alpha value is -3.18. The van der Waals surface area contributed by atoms with E-state index in [4.69, 9.17) is 10.5 Å². The molecule has 11 heteroatoms. The van der Waals surface area contributed by atoms with Crippen molar-refractivity contribution in [3.63, 3.8) is 0 Å². The maximum atomic E-state index is 14.4. The minimum absolute atomic E-state index is 0.258. The van der Waals surface area contributed by atoms with E-state index in [1.807, 2.05) is 0 Å². The molecule has 2 aromatic rings. The van der Waals surface area contributed by atoms with Gasteiger partial charge in [0, 0.05) is 5.56 Å². The van der Waals surface area contributed by atoms with Crippen LogP contribution in [-0.4, -0.2) is 24.1 Å². The number of anilines is 1. The van der Waals surface area contributed by atoms with Crippen molar-refractivity contribution in [1.82, 2.24) is 9.97 Å². The Kier molecular flexibility index (Phi) is 5.43. The molecule has 0 saturated heterocycles. The van der Waals surface area contributed by atoms with Crippen molar-refractivity contribution in [2.24, 2.45) is 0 Å². The van der Waals surface area contributed by atoms with E-state index in [1.165, 1.54) is 13.0 Å². The smallest absolute Gasteiger partial charge is 0.281 e. The Morgan fingerprint density at radius 2 is 1.92 bits per heavy atom. The first kappa shape index (κ1) is 19.1. The van der Waals surface area contributed by atoms with Crippen molar-refractivity contribution in [2.75, 3.05) is 10.5 Å². The Labute approximate surface area is 146 Å². The summed E-state index contributed by atoms with van der Waals surface area (Å²) in [6.07, 6.45) is -2.35. The van der Waals surface area contributed by atoms with Gasteiger partial charge in [0.15, 0.2) is 0 Å². The van der Waals surface area contributed by atoms with Crippen molar-refractivity contribution in [2.45, 2.75) is 13.3 Å². The molecule has 1 N–H and O–H groups in total. The van der Waals surface area contributed by atoms with E-state index in [-0.39, 0.29) is 17.0 Å². The highest BCUT2D eigenvalue weighted by Crippen LogP contribution is 2.32. The molecule has 0 aliphatic rings. The highest BCUT2D eigenvalue weighted by atomic mass is 32.2. The lowest BCUT2D eigenvalue weighted by Gasteiger charge is -2.12. The molecule has 134 valence electrons. The van der Waals surface area contributed by atoms with Crippen LogP contribution in [0.15, 0.2) is 18.5 Å². The van der Waals surface area contributed by atoms with Gasteiger partial charge in [-0.05, 0) is 19.1 Å². The quantitative estimate of drug-likeness (QED) is 0.850. The number of halogens is 3. The number of nitriles is 2. The molecule has 0 radical (unpaired) electrons. The second-order valence-electron chi connectivity index (χ2n) is 4.89. The average Bonchev–Trinajstić information content (AvgIpc) is 2.61. The third kappa shape index (κ3) is 3.73. The lowest BCUT2D eigenvalue weighted by Crippen LogP contribution is -2.16. The number of hydrogen-bond donors (Lipinski definition) is 1. The Bertz CT molecular complexity index is 1040. The van der Waals surface area contributed by atoms with E-state index in [9.17, 15) is 21.6 Å². The van der Waals surface area contributed by atoms with Crippen molar-refractivity contribution in [3.05, 3.63) is 41.1 Å². The number of nitrogens with zero attached hydrogens (tertiary/aromatic N) is 4. The summed E-state index contributed by atoms with van der Waals surface area (Å²) in [5, 5.41) is 18.2. The molecule has 0 saturated carbocycles. The molecule has 2 rings (SSSR count). The van der Waals surface area contributed by atoms with Crippen LogP contribution in [0.3, 0.4) is 0 Å². The van der Waals surface area contributed by atoms with Crippen LogP contribution in [-0.2, 0) is 10.0 Å². The second kappa shape index (κ2) is 7.37. The average molecular weight is 381 g/mol. The van der Waals surface area contributed by atoms with Crippen LogP contribution in [0, 0.1) is 28.5 Å². The van der Waals surface area contributed by atoms with E-state index in [0.29, 0.717) is 0 Å². The molecular weight excluding hydrogens is 371 g/mol. The van der Waals surface area contributed by atoms with Gasteiger partial charge >= 0.3 is 0 Å². The summed E-state index contributed by atoms with van der Waals surface area (Å²) < 4.78 is 66.0. The summed E-state index contributed by atoms with van der Waals surface area (Å²) in [6, 6.07) is 4.80. The number of alkyl halides is 2. The summed E-state index contributed by atoms with van der Waals surface area (Å²) in [5.74, 6) is -1.34. The lowest BCUT2D eigenvalue weighted by atomic mass is 10.0. The third-order valence-electron chi connectivity index (χ3n) is 3.32. The zero-order chi connectivity index (χ0) is 19.5. The van der Waals surface area contributed by atoms with Gasteiger partial charge in [-0.1, -0.05) is 0 Å². The number of aromatic nitrogens is 2. The number of hydrogen-bond acceptors (Lipinski definition) is 6. The first-order chi connectivity index (χ1) is 12.2. The van der Waals surface area contributed by atoms with Gasteiger partial charge in [-0.3, -0.25) is 4.72 Å². The predicted octanol–water partition coefficient (Wildman–Crippen LogP) is 2.73. The molecule has 0 amide bonds. The van der Waals surface area contributed by atoms with Crippen LogP contribution in [0.1, 0.15) is 30.2 Å². The fourth-order valence-electron chi connectivity index (χ4n) is 2.05. The van der Waals surface area contributed by atoms with Gasteiger partial charge in [0.05, 0.1) is 22.7 Å². The van der Waals surface area contributed by atoms with Crippen molar-refractivity contribution < 1.29 is 21.6 Å². The summed E-state index contributed by atoms with van der Waals surface area (Å²) in [7, 11) is -3.80. The van der Waals surface area contributed by atoms with Crippen LogP contribution >= 0.6 is 0 Å². The molecule has 0 aliphatic carbocycles. The van der Waals surface area contributed by atoms with Crippen LogP contribution in [0.5, 0.6) is 0 Å². The molecular formula is C15H10F3N5O2S. The highest BCUT2D eigenvalue weighted by Gasteiger charge is 2.23. The van der Waals surface area contributed by atoms with Crippen molar-refractivity contribution in [1.29, 1.82) is 10.5 Å². The fourth-order valence-corrected chi connectivity index (χ4v) is 2.70. The Balaban J connectivity index is 2.75. The molecule has 0 unspecified atom stereocenters. The maximum absolute atomic E-state index is 14.4. The molecule has 1 aromatic carbocycles. The zero-order valence-corrected chi connectivity index (χ0v) is 14.0. The third-order valence-corrected chi connectivity index (χ3v) is 4.61. The van der Waals surface area contributed by atoms with Gasteiger partial charge in [0.1, 0.15) is 35.5 Å². The molecule has 0 atom stereocenters. The van der Waals surface area contributed by atoms with Crippen molar-refractivity contribution >= 4 is 15.7 Å². The van der Waals surface area contributed by atoms with Crippen LogP contribution in [0.2, 0.25) is 0 Å². The minimum atomic E-state index is -3.80. The monoisotopic (exact) mass is 381 g/mol. The van der Waals surface area contributed by atoms with Crippen LogP contribution in [0.4, 0.5) is 18.9 Å². The highest BCUT2D eigenvalue weighted by molar-refractivity contribution is 7.92. The number of benzene rings is 1. The number of sulfonamides is 1. The van der Waals surface area contributed by atoms with Gasteiger partial charge in [0.2, 0.25) is 10.0 Å². The minimum Gasteiger partial charge on any atom is -0.282 e. The number of rotatable bonds is 5. The SMILES string of the molecule is CCS(=O)(=O)Nc1cc(-c2ncnc(C(F)F)c2C#N)c(F)cc1C#N. The topological polar surface area (TPSA) is 120 Å². The van der Waals surface area contributed by atoms with E-state index >= 15 is 0 Å². The molecule has 0 spiro atoms. The first-order valence-electron chi connectivity index (χ1n) is 7.01. The van der Waals surface area contributed by atoms with Crippen LogP contribution in [0.25, 0.3) is 11.3 Å². The Morgan fingerprint density at radius 3 is 2.46 bits per heavy atom. The second-order valence-corrected chi connectivity index (χ2v) is 6.90. The van der Waals surface area contributed by atoms with E-state index in [0.717, 1.165) is 18.5 Å². The standard InChI is InChI=1S/C15H10F3N5O2S/c1-2-26(24,25)23-12-4-9(11(16)3-8(12)5-19)13-10(6-20)14(15(17)18)22-7-21-13/h3-4,7,15,23H,2H2,1H3. The van der Waals surface area contributed by atoms with E-state index in [2.05, 4.69) is 14.7 Å². The fraction of sp³-hybridized carbons (Fsp3) is 0.200. The zero-order valence-electron chi connectivity index (χ0n) is 13.2. The van der Waals surface area contributed by atoms with Gasteiger partial charge in [-0.25, -0.2) is 31.6 Å². The Morgan fingerprint density at radius 1 is 1.23 bits per heavy atom. The predicted molar refractivity (Wildman–Crippen MR) is 84.9 cm³/mol. The van der Waals surface area contributed by atoms with E-state index in [1.54, 1.807) is 6.07 Å². The molecule has 7 nitrogen and oxygen atoms in total. The largest absolute Gasteiger partial charge is 0.282 e.